The molecule has 1 rings (SSSR count). The number of rotatable bonds is 2. The molecule has 0 aromatic carbocycles. The second kappa shape index (κ2) is 3.69. The maximum Gasteiger partial charge on any atom is 0.224 e. The van der Waals surface area contributed by atoms with Crippen LogP contribution in [-0.2, 0) is 0 Å². The maximum atomic E-state index is 10.4. The standard InChI is InChI=1S/C6H4Cl2N2O2/c1-12-4-3(2-11)9-6(8)10-5(4)7/h2H,1H3. The molecule has 4 nitrogen and oxygen atoms in total. The van der Waals surface area contributed by atoms with E-state index in [0.29, 0.717) is 6.29 Å². The molecule has 0 fully saturated rings. The Labute approximate surface area is 78.5 Å². The molecule has 0 radical (unpaired) electrons. The van der Waals surface area contributed by atoms with Gasteiger partial charge < -0.3 is 4.74 Å². The zero-order chi connectivity index (χ0) is 9.14. The van der Waals surface area contributed by atoms with Crippen molar-refractivity contribution in [3.63, 3.8) is 0 Å². The van der Waals surface area contributed by atoms with E-state index in [1.54, 1.807) is 0 Å². The fraction of sp³-hybridized carbons (Fsp3) is 0.167. The maximum absolute atomic E-state index is 10.4. The molecule has 1 aromatic heterocycles. The summed E-state index contributed by atoms with van der Waals surface area (Å²) in [6.07, 6.45) is 0.498. The molecule has 1 aromatic rings. The monoisotopic (exact) mass is 206 g/mol. The lowest BCUT2D eigenvalue weighted by Crippen LogP contribution is -1.97. The third-order valence-corrected chi connectivity index (χ3v) is 1.56. The first-order valence-electron chi connectivity index (χ1n) is 2.91. The minimum atomic E-state index is -0.0806. The van der Waals surface area contributed by atoms with E-state index in [9.17, 15) is 4.79 Å². The van der Waals surface area contributed by atoms with Crippen LogP contribution in [0.5, 0.6) is 5.75 Å². The third-order valence-electron chi connectivity index (χ3n) is 1.14. The number of methoxy groups -OCH3 is 1. The van der Waals surface area contributed by atoms with Crippen molar-refractivity contribution in [3.8, 4) is 5.75 Å². The van der Waals surface area contributed by atoms with Crippen LogP contribution in [0.25, 0.3) is 0 Å². The zero-order valence-electron chi connectivity index (χ0n) is 6.04. The van der Waals surface area contributed by atoms with Crippen molar-refractivity contribution < 1.29 is 9.53 Å². The van der Waals surface area contributed by atoms with Gasteiger partial charge in [-0.3, -0.25) is 4.79 Å². The first kappa shape index (κ1) is 9.22. The molecule has 0 unspecified atom stereocenters. The number of aldehydes is 1. The summed E-state index contributed by atoms with van der Waals surface area (Å²) < 4.78 is 4.78. The van der Waals surface area contributed by atoms with Crippen molar-refractivity contribution in [3.05, 3.63) is 16.1 Å². The summed E-state index contributed by atoms with van der Waals surface area (Å²) >= 11 is 11.0. The smallest absolute Gasteiger partial charge is 0.224 e. The topological polar surface area (TPSA) is 52.1 Å². The van der Waals surface area contributed by atoms with Crippen molar-refractivity contribution in [2.45, 2.75) is 0 Å². The average Bonchev–Trinajstić information content (AvgIpc) is 2.03. The molecule has 0 amide bonds. The molecule has 0 bridgehead atoms. The van der Waals surface area contributed by atoms with Gasteiger partial charge in [0.1, 0.15) is 0 Å². The van der Waals surface area contributed by atoms with Gasteiger partial charge in [0.05, 0.1) is 7.11 Å². The number of hydrogen-bond donors (Lipinski definition) is 0. The summed E-state index contributed by atoms with van der Waals surface area (Å²) in [5, 5.41) is -0.0532. The number of carbonyl (C=O) groups is 1. The lowest BCUT2D eigenvalue weighted by Gasteiger charge is -2.03. The van der Waals surface area contributed by atoms with Gasteiger partial charge in [-0.2, -0.15) is 0 Å². The summed E-state index contributed by atoms with van der Waals surface area (Å²) in [6, 6.07) is 0. The fourth-order valence-electron chi connectivity index (χ4n) is 0.681. The van der Waals surface area contributed by atoms with Gasteiger partial charge in [-0.05, 0) is 11.6 Å². The van der Waals surface area contributed by atoms with Gasteiger partial charge in [-0.1, -0.05) is 11.6 Å². The van der Waals surface area contributed by atoms with Crippen molar-refractivity contribution in [2.24, 2.45) is 0 Å². The van der Waals surface area contributed by atoms with E-state index in [4.69, 9.17) is 27.9 Å². The predicted molar refractivity (Wildman–Crippen MR) is 44.0 cm³/mol. The van der Waals surface area contributed by atoms with Crippen LogP contribution < -0.4 is 4.74 Å². The Kier molecular flexibility index (Phi) is 2.83. The van der Waals surface area contributed by atoms with E-state index in [1.807, 2.05) is 0 Å². The van der Waals surface area contributed by atoms with Crippen molar-refractivity contribution in [1.82, 2.24) is 9.97 Å². The van der Waals surface area contributed by atoms with E-state index in [0.717, 1.165) is 0 Å². The van der Waals surface area contributed by atoms with E-state index >= 15 is 0 Å². The molecular weight excluding hydrogens is 203 g/mol. The summed E-state index contributed by atoms with van der Waals surface area (Å²) in [6.45, 7) is 0. The minimum absolute atomic E-state index is 0.0274. The van der Waals surface area contributed by atoms with Crippen LogP contribution in [0.3, 0.4) is 0 Å². The van der Waals surface area contributed by atoms with Crippen molar-refractivity contribution in [2.75, 3.05) is 7.11 Å². The summed E-state index contributed by atoms with van der Waals surface area (Å²) in [4.78, 5) is 17.6. The Balaban J connectivity index is 3.33. The summed E-state index contributed by atoms with van der Waals surface area (Å²) in [5.41, 5.74) is 0.0440. The Bertz CT molecular complexity index is 317. The molecular formula is C6H4Cl2N2O2. The molecule has 0 saturated heterocycles. The summed E-state index contributed by atoms with van der Waals surface area (Å²) in [7, 11) is 1.37. The second-order valence-corrected chi connectivity index (χ2v) is 2.52. The van der Waals surface area contributed by atoms with Crippen molar-refractivity contribution >= 4 is 29.5 Å². The van der Waals surface area contributed by atoms with Gasteiger partial charge in [0.25, 0.3) is 0 Å². The molecule has 0 aliphatic heterocycles. The Morgan fingerprint density at radius 2 is 2.08 bits per heavy atom. The van der Waals surface area contributed by atoms with Gasteiger partial charge in [-0.15, -0.1) is 0 Å². The summed E-state index contributed by atoms with van der Waals surface area (Å²) in [5.74, 6) is 0.135. The number of carbonyl (C=O) groups excluding carboxylic acids is 1. The van der Waals surface area contributed by atoms with Crippen LogP contribution in [0, 0.1) is 0 Å². The number of nitrogens with zero attached hydrogens (tertiary/aromatic N) is 2. The molecule has 64 valence electrons. The molecule has 0 saturated carbocycles. The number of aromatic nitrogens is 2. The third kappa shape index (κ3) is 1.65. The largest absolute Gasteiger partial charge is 0.491 e. The Morgan fingerprint density at radius 1 is 1.42 bits per heavy atom. The van der Waals surface area contributed by atoms with Crippen LogP contribution in [-0.4, -0.2) is 23.4 Å². The van der Waals surface area contributed by atoms with E-state index in [-0.39, 0.29) is 21.9 Å². The van der Waals surface area contributed by atoms with E-state index < -0.39 is 0 Å². The highest BCUT2D eigenvalue weighted by atomic mass is 35.5. The highest BCUT2D eigenvalue weighted by Gasteiger charge is 2.11. The minimum Gasteiger partial charge on any atom is -0.491 e. The van der Waals surface area contributed by atoms with Crippen LogP contribution >= 0.6 is 23.2 Å². The van der Waals surface area contributed by atoms with Gasteiger partial charge in [-0.25, -0.2) is 9.97 Å². The zero-order valence-corrected chi connectivity index (χ0v) is 7.56. The molecule has 6 heteroatoms. The molecule has 1 heterocycles. The second-order valence-electron chi connectivity index (χ2n) is 1.82. The van der Waals surface area contributed by atoms with Gasteiger partial charge in [0, 0.05) is 0 Å². The van der Waals surface area contributed by atoms with Crippen LogP contribution in [0.2, 0.25) is 10.4 Å². The molecule has 0 aliphatic rings. The molecule has 0 N–H and O–H groups in total. The van der Waals surface area contributed by atoms with Crippen molar-refractivity contribution in [1.29, 1.82) is 0 Å². The van der Waals surface area contributed by atoms with Gasteiger partial charge in [0.15, 0.2) is 22.9 Å². The number of halogens is 2. The van der Waals surface area contributed by atoms with Crippen LogP contribution in [0.4, 0.5) is 0 Å². The van der Waals surface area contributed by atoms with E-state index in [2.05, 4.69) is 9.97 Å². The molecule has 0 aliphatic carbocycles. The van der Waals surface area contributed by atoms with Crippen LogP contribution in [0.15, 0.2) is 0 Å². The van der Waals surface area contributed by atoms with Gasteiger partial charge in [0.2, 0.25) is 5.28 Å². The molecule has 12 heavy (non-hydrogen) atoms. The normalized spacial score (nSPS) is 9.58. The molecule has 0 atom stereocenters. The first-order chi connectivity index (χ1) is 5.69. The SMILES string of the molecule is COc1c(Cl)nc(Cl)nc1C=O. The average molecular weight is 207 g/mol. The van der Waals surface area contributed by atoms with E-state index in [1.165, 1.54) is 7.11 Å². The molecule has 0 spiro atoms. The van der Waals surface area contributed by atoms with Gasteiger partial charge >= 0.3 is 0 Å². The lowest BCUT2D eigenvalue weighted by molar-refractivity contribution is 0.111. The van der Waals surface area contributed by atoms with Crippen LogP contribution in [0.1, 0.15) is 10.5 Å². The number of hydrogen-bond acceptors (Lipinski definition) is 4. The quantitative estimate of drug-likeness (QED) is 0.419. The Hall–Kier alpha value is -0.870. The Morgan fingerprint density at radius 3 is 2.58 bits per heavy atom. The highest BCUT2D eigenvalue weighted by Crippen LogP contribution is 2.25. The first-order valence-corrected chi connectivity index (χ1v) is 3.67. The number of ether oxygens (including phenoxy) is 1. The fourth-order valence-corrected chi connectivity index (χ4v) is 1.15. The highest BCUT2D eigenvalue weighted by molar-refractivity contribution is 6.33. The lowest BCUT2D eigenvalue weighted by atomic mass is 10.4. The predicted octanol–water partition coefficient (Wildman–Crippen LogP) is 1.60.